The summed E-state index contributed by atoms with van der Waals surface area (Å²) in [6.45, 7) is 7.46. The third-order valence-electron chi connectivity index (χ3n) is 6.97. The van der Waals surface area contributed by atoms with Gasteiger partial charge in [-0.15, -0.1) is 0 Å². The van der Waals surface area contributed by atoms with E-state index in [1.165, 1.54) is 89.9 Å². The Morgan fingerprint density at radius 2 is 1.47 bits per heavy atom. The zero-order chi connectivity index (χ0) is 23.3. The smallest absolute Gasteiger partial charge is 0.305 e. The van der Waals surface area contributed by atoms with Crippen molar-refractivity contribution < 1.29 is 9.53 Å². The third-order valence-corrected chi connectivity index (χ3v) is 6.97. The first-order valence-corrected chi connectivity index (χ1v) is 14.2. The molecule has 2 heteroatoms. The lowest BCUT2D eigenvalue weighted by molar-refractivity contribution is -0.146. The summed E-state index contributed by atoms with van der Waals surface area (Å²) in [5, 5.41) is 0. The molecule has 1 aliphatic rings. The van der Waals surface area contributed by atoms with Crippen LogP contribution in [0, 0.1) is 17.8 Å². The summed E-state index contributed by atoms with van der Waals surface area (Å²) in [5.74, 6) is 2.30. The van der Waals surface area contributed by atoms with Crippen LogP contribution in [0.3, 0.4) is 0 Å². The van der Waals surface area contributed by atoms with Gasteiger partial charge in [-0.05, 0) is 69.1 Å². The van der Waals surface area contributed by atoms with Gasteiger partial charge in [0.25, 0.3) is 0 Å². The van der Waals surface area contributed by atoms with E-state index in [0.29, 0.717) is 18.9 Å². The minimum absolute atomic E-state index is 0.0260. The summed E-state index contributed by atoms with van der Waals surface area (Å²) < 4.78 is 5.71. The van der Waals surface area contributed by atoms with Crippen LogP contribution in [-0.4, -0.2) is 12.6 Å². The SMILES string of the molecule is CCCCC/C=C\C/C=C\CCCCCCCC(=O)OCC(CCC)C(CC)CC1CC1. The fourth-order valence-corrected chi connectivity index (χ4v) is 4.65. The minimum Gasteiger partial charge on any atom is -0.465 e. The molecule has 186 valence electrons. The highest BCUT2D eigenvalue weighted by molar-refractivity contribution is 5.69. The summed E-state index contributed by atoms with van der Waals surface area (Å²) in [6, 6.07) is 0. The zero-order valence-corrected chi connectivity index (χ0v) is 21.8. The van der Waals surface area contributed by atoms with E-state index in [0.717, 1.165) is 31.1 Å². The normalized spacial score (nSPS) is 16.1. The molecule has 0 aliphatic heterocycles. The zero-order valence-electron chi connectivity index (χ0n) is 21.8. The highest BCUT2D eigenvalue weighted by Crippen LogP contribution is 2.39. The van der Waals surface area contributed by atoms with Crippen LogP contribution in [0.2, 0.25) is 0 Å². The van der Waals surface area contributed by atoms with E-state index in [-0.39, 0.29) is 5.97 Å². The minimum atomic E-state index is 0.0260. The molecule has 1 fully saturated rings. The predicted octanol–water partition coefficient (Wildman–Crippen LogP) is 9.59. The Morgan fingerprint density at radius 3 is 2.09 bits per heavy atom. The Balaban J connectivity index is 1.98. The molecule has 1 rings (SSSR count). The Bertz CT molecular complexity index is 489. The van der Waals surface area contributed by atoms with E-state index < -0.39 is 0 Å². The molecule has 0 saturated heterocycles. The number of ether oxygens (including phenoxy) is 1. The van der Waals surface area contributed by atoms with Gasteiger partial charge < -0.3 is 4.74 Å². The maximum Gasteiger partial charge on any atom is 0.305 e. The molecule has 1 saturated carbocycles. The molecule has 0 radical (unpaired) electrons. The van der Waals surface area contributed by atoms with E-state index in [9.17, 15) is 4.79 Å². The van der Waals surface area contributed by atoms with Crippen LogP contribution in [0.5, 0.6) is 0 Å². The van der Waals surface area contributed by atoms with Crippen LogP contribution in [0.15, 0.2) is 24.3 Å². The second-order valence-electron chi connectivity index (χ2n) is 10.1. The molecule has 2 nitrogen and oxygen atoms in total. The molecule has 2 atom stereocenters. The molecule has 32 heavy (non-hydrogen) atoms. The van der Waals surface area contributed by atoms with Gasteiger partial charge in [-0.2, -0.15) is 0 Å². The van der Waals surface area contributed by atoms with Crippen molar-refractivity contribution in [2.75, 3.05) is 6.61 Å². The lowest BCUT2D eigenvalue weighted by Crippen LogP contribution is -2.22. The third kappa shape index (κ3) is 16.6. The summed E-state index contributed by atoms with van der Waals surface area (Å²) in [7, 11) is 0. The van der Waals surface area contributed by atoms with Gasteiger partial charge in [0, 0.05) is 6.42 Å². The maximum atomic E-state index is 12.2. The Labute approximate surface area is 200 Å². The monoisotopic (exact) mass is 446 g/mol. The van der Waals surface area contributed by atoms with Crippen LogP contribution in [0.4, 0.5) is 0 Å². The van der Waals surface area contributed by atoms with Gasteiger partial charge in [-0.25, -0.2) is 0 Å². The molecule has 0 spiro atoms. The van der Waals surface area contributed by atoms with E-state index in [1.54, 1.807) is 0 Å². The van der Waals surface area contributed by atoms with Gasteiger partial charge in [0.1, 0.15) is 0 Å². The molecular weight excluding hydrogens is 392 g/mol. The maximum absolute atomic E-state index is 12.2. The number of unbranched alkanes of at least 4 members (excludes halogenated alkanes) is 8. The number of rotatable bonds is 22. The molecular formula is C30H54O2. The Kier molecular flexibility index (Phi) is 18.6. The van der Waals surface area contributed by atoms with Crippen molar-refractivity contribution in [3.8, 4) is 0 Å². The quantitative estimate of drug-likeness (QED) is 0.0939. The second-order valence-corrected chi connectivity index (χ2v) is 10.1. The molecule has 0 bridgehead atoms. The van der Waals surface area contributed by atoms with Crippen LogP contribution in [0.25, 0.3) is 0 Å². The average molecular weight is 447 g/mol. The van der Waals surface area contributed by atoms with Crippen LogP contribution in [0.1, 0.15) is 136 Å². The second kappa shape index (κ2) is 20.5. The highest BCUT2D eigenvalue weighted by atomic mass is 16.5. The number of hydrogen-bond donors (Lipinski definition) is 0. The van der Waals surface area contributed by atoms with E-state index in [4.69, 9.17) is 4.74 Å². The molecule has 0 aromatic heterocycles. The molecule has 0 aromatic rings. The van der Waals surface area contributed by atoms with Crippen molar-refractivity contribution in [2.45, 2.75) is 136 Å². The fourth-order valence-electron chi connectivity index (χ4n) is 4.65. The number of hydrogen-bond acceptors (Lipinski definition) is 2. The summed E-state index contributed by atoms with van der Waals surface area (Å²) in [4.78, 5) is 12.2. The standard InChI is InChI=1S/C30H54O2/c1-4-7-8-9-10-11-12-13-14-15-16-17-18-19-20-22-30(31)32-26-29(21-5-2)28(6-3)25-27-23-24-27/h10-11,13-14,27-29H,4-9,12,15-26H2,1-3H3/b11-10-,14-13-. The van der Waals surface area contributed by atoms with Gasteiger partial charge in [-0.1, -0.05) is 103 Å². The van der Waals surface area contributed by atoms with Gasteiger partial charge >= 0.3 is 5.97 Å². The summed E-state index contributed by atoms with van der Waals surface area (Å²) >= 11 is 0. The molecule has 0 amide bonds. The van der Waals surface area contributed by atoms with Gasteiger partial charge in [0.05, 0.1) is 6.61 Å². The van der Waals surface area contributed by atoms with Crippen molar-refractivity contribution in [3.05, 3.63) is 24.3 Å². The number of esters is 1. The molecule has 1 aliphatic carbocycles. The Morgan fingerprint density at radius 1 is 0.812 bits per heavy atom. The van der Waals surface area contributed by atoms with E-state index >= 15 is 0 Å². The van der Waals surface area contributed by atoms with E-state index in [2.05, 4.69) is 45.1 Å². The fraction of sp³-hybridized carbons (Fsp3) is 0.833. The molecule has 0 heterocycles. The molecule has 2 unspecified atom stereocenters. The van der Waals surface area contributed by atoms with Gasteiger partial charge in [0.2, 0.25) is 0 Å². The topological polar surface area (TPSA) is 26.3 Å². The average Bonchev–Trinajstić information content (AvgIpc) is 3.62. The summed E-state index contributed by atoms with van der Waals surface area (Å²) in [6.07, 6.45) is 31.0. The number of allylic oxidation sites excluding steroid dienone is 4. The van der Waals surface area contributed by atoms with Crippen molar-refractivity contribution in [2.24, 2.45) is 17.8 Å². The number of carbonyl (C=O) groups excluding carboxylic acids is 1. The molecule has 0 N–H and O–H groups in total. The first-order chi connectivity index (χ1) is 15.7. The summed E-state index contributed by atoms with van der Waals surface area (Å²) in [5.41, 5.74) is 0. The van der Waals surface area contributed by atoms with Crippen LogP contribution < -0.4 is 0 Å². The lowest BCUT2D eigenvalue weighted by atomic mass is 9.83. The van der Waals surface area contributed by atoms with Crippen molar-refractivity contribution in [3.63, 3.8) is 0 Å². The van der Waals surface area contributed by atoms with Gasteiger partial charge in [-0.3, -0.25) is 4.79 Å². The highest BCUT2D eigenvalue weighted by Gasteiger charge is 2.29. The largest absolute Gasteiger partial charge is 0.465 e. The number of carbonyl (C=O) groups is 1. The molecule has 0 aromatic carbocycles. The van der Waals surface area contributed by atoms with Crippen molar-refractivity contribution in [1.82, 2.24) is 0 Å². The first kappa shape index (κ1) is 29.0. The van der Waals surface area contributed by atoms with Crippen molar-refractivity contribution >= 4 is 5.97 Å². The van der Waals surface area contributed by atoms with Crippen LogP contribution in [-0.2, 0) is 9.53 Å². The first-order valence-electron chi connectivity index (χ1n) is 14.2. The van der Waals surface area contributed by atoms with Crippen molar-refractivity contribution in [1.29, 1.82) is 0 Å². The van der Waals surface area contributed by atoms with E-state index in [1.807, 2.05) is 0 Å². The Hall–Kier alpha value is -1.05. The van der Waals surface area contributed by atoms with Gasteiger partial charge in [0.15, 0.2) is 0 Å². The predicted molar refractivity (Wildman–Crippen MR) is 140 cm³/mol. The lowest BCUT2D eigenvalue weighted by Gasteiger charge is -2.26. The van der Waals surface area contributed by atoms with Crippen LogP contribution >= 0.6 is 0 Å².